The van der Waals surface area contributed by atoms with Gasteiger partial charge in [0.2, 0.25) is 11.1 Å². The Morgan fingerprint density at radius 1 is 1.07 bits per heavy atom. The Balaban J connectivity index is 1.27. The highest BCUT2D eigenvalue weighted by molar-refractivity contribution is 7.99. The van der Waals surface area contributed by atoms with Gasteiger partial charge in [-0.05, 0) is 36.2 Å². The van der Waals surface area contributed by atoms with Gasteiger partial charge in [0.1, 0.15) is 5.75 Å². The molecule has 1 fully saturated rings. The summed E-state index contributed by atoms with van der Waals surface area (Å²) in [6.45, 7) is 5.05. The number of aromatic amines is 1. The quantitative estimate of drug-likeness (QED) is 0.593. The van der Waals surface area contributed by atoms with E-state index in [9.17, 15) is 9.90 Å². The summed E-state index contributed by atoms with van der Waals surface area (Å²) in [4.78, 5) is 21.2. The first-order valence-electron chi connectivity index (χ1n) is 10.1. The fraction of sp³-hybridized carbons (Fsp3) is 0.318. The van der Waals surface area contributed by atoms with E-state index >= 15 is 0 Å². The van der Waals surface area contributed by atoms with Crippen LogP contribution in [0.15, 0.2) is 53.7 Å². The molecule has 0 saturated carbocycles. The van der Waals surface area contributed by atoms with Crippen molar-refractivity contribution in [2.45, 2.75) is 18.5 Å². The lowest BCUT2D eigenvalue weighted by atomic mass is 10.1. The number of aromatic nitrogens is 3. The molecule has 0 radical (unpaired) electrons. The number of piperazine rings is 1. The Morgan fingerprint density at radius 2 is 1.77 bits per heavy atom. The van der Waals surface area contributed by atoms with Crippen molar-refractivity contribution in [3.63, 3.8) is 0 Å². The third kappa shape index (κ3) is 4.76. The van der Waals surface area contributed by atoms with E-state index in [0.29, 0.717) is 24.0 Å². The van der Waals surface area contributed by atoms with E-state index in [0.717, 1.165) is 36.6 Å². The summed E-state index contributed by atoms with van der Waals surface area (Å²) in [6.07, 6.45) is 1.00. The Hall–Kier alpha value is -3.00. The third-order valence-corrected chi connectivity index (χ3v) is 6.10. The molecule has 1 aromatic heterocycles. The second-order valence-electron chi connectivity index (χ2n) is 7.19. The van der Waals surface area contributed by atoms with Crippen LogP contribution in [0.2, 0.25) is 0 Å². The smallest absolute Gasteiger partial charge is 0.233 e. The van der Waals surface area contributed by atoms with Crippen LogP contribution >= 0.6 is 11.8 Å². The molecule has 30 heavy (non-hydrogen) atoms. The number of anilines is 1. The highest BCUT2D eigenvalue weighted by Crippen LogP contribution is 2.22. The van der Waals surface area contributed by atoms with Gasteiger partial charge in [-0.3, -0.25) is 9.89 Å². The van der Waals surface area contributed by atoms with Gasteiger partial charge >= 0.3 is 0 Å². The number of benzene rings is 2. The van der Waals surface area contributed by atoms with Crippen LogP contribution in [0.1, 0.15) is 12.5 Å². The number of nitrogens with one attached hydrogen (secondary N) is 1. The summed E-state index contributed by atoms with van der Waals surface area (Å²) >= 11 is 1.36. The van der Waals surface area contributed by atoms with Crippen molar-refractivity contribution in [2.24, 2.45) is 0 Å². The minimum atomic E-state index is 0.101. The van der Waals surface area contributed by atoms with Crippen molar-refractivity contribution in [1.82, 2.24) is 20.1 Å². The maximum atomic E-state index is 12.6. The van der Waals surface area contributed by atoms with E-state index in [1.54, 1.807) is 12.1 Å². The van der Waals surface area contributed by atoms with Gasteiger partial charge in [0.25, 0.3) is 0 Å². The lowest BCUT2D eigenvalue weighted by Crippen LogP contribution is -2.49. The highest BCUT2D eigenvalue weighted by Gasteiger charge is 2.22. The van der Waals surface area contributed by atoms with Gasteiger partial charge in [-0.25, -0.2) is 4.98 Å². The van der Waals surface area contributed by atoms with Crippen LogP contribution in [0.3, 0.4) is 0 Å². The number of rotatable bonds is 6. The van der Waals surface area contributed by atoms with E-state index in [4.69, 9.17) is 0 Å². The molecule has 0 aliphatic carbocycles. The molecule has 0 bridgehead atoms. The standard InChI is InChI=1S/C22H25N5O2S/c1-2-16-3-5-17(6-4-16)21-23-22(25-24-21)30-15-20(29)27-13-11-26(12-14-27)18-7-9-19(28)10-8-18/h3-10,28H,2,11-15H2,1H3,(H,23,24,25). The largest absolute Gasteiger partial charge is 0.508 e. The van der Waals surface area contributed by atoms with E-state index in [1.165, 1.54) is 17.3 Å². The van der Waals surface area contributed by atoms with Gasteiger partial charge < -0.3 is 14.9 Å². The molecule has 7 nitrogen and oxygen atoms in total. The molecule has 0 unspecified atom stereocenters. The topological polar surface area (TPSA) is 85.3 Å². The minimum absolute atomic E-state index is 0.101. The Labute approximate surface area is 180 Å². The van der Waals surface area contributed by atoms with Crippen LogP contribution in [-0.4, -0.2) is 63.0 Å². The van der Waals surface area contributed by atoms with Crippen LogP contribution in [0.5, 0.6) is 5.75 Å². The van der Waals surface area contributed by atoms with Crippen LogP contribution < -0.4 is 4.90 Å². The first-order chi connectivity index (χ1) is 14.6. The molecule has 8 heteroatoms. The summed E-state index contributed by atoms with van der Waals surface area (Å²) in [6, 6.07) is 15.4. The number of amides is 1. The van der Waals surface area contributed by atoms with Gasteiger partial charge in [0, 0.05) is 37.4 Å². The van der Waals surface area contributed by atoms with E-state index < -0.39 is 0 Å². The van der Waals surface area contributed by atoms with Crippen molar-refractivity contribution in [3.05, 3.63) is 54.1 Å². The first-order valence-corrected chi connectivity index (χ1v) is 11.1. The molecule has 2 aromatic carbocycles. The Bertz CT molecular complexity index is 980. The molecule has 3 aromatic rings. The molecule has 2 heterocycles. The number of phenolic OH excluding ortho intramolecular Hbond substituents is 1. The van der Waals surface area contributed by atoms with Crippen molar-refractivity contribution >= 4 is 23.4 Å². The summed E-state index contributed by atoms with van der Waals surface area (Å²) in [7, 11) is 0. The summed E-state index contributed by atoms with van der Waals surface area (Å²) in [5.74, 6) is 1.41. The van der Waals surface area contributed by atoms with Crippen molar-refractivity contribution in [1.29, 1.82) is 0 Å². The van der Waals surface area contributed by atoms with E-state index in [1.807, 2.05) is 29.2 Å². The zero-order valence-corrected chi connectivity index (χ0v) is 17.7. The Morgan fingerprint density at radius 3 is 2.43 bits per heavy atom. The average Bonchev–Trinajstić information content (AvgIpc) is 3.27. The van der Waals surface area contributed by atoms with Crippen molar-refractivity contribution < 1.29 is 9.90 Å². The van der Waals surface area contributed by atoms with Gasteiger partial charge in [-0.15, -0.1) is 5.10 Å². The number of hydrogen-bond donors (Lipinski definition) is 2. The van der Waals surface area contributed by atoms with Crippen LogP contribution in [-0.2, 0) is 11.2 Å². The molecule has 1 amide bonds. The maximum Gasteiger partial charge on any atom is 0.233 e. The van der Waals surface area contributed by atoms with E-state index in [2.05, 4.69) is 39.1 Å². The zero-order valence-electron chi connectivity index (χ0n) is 16.9. The number of phenols is 1. The summed E-state index contributed by atoms with van der Waals surface area (Å²) in [5.41, 5.74) is 3.33. The monoisotopic (exact) mass is 423 g/mol. The fourth-order valence-corrected chi connectivity index (χ4v) is 4.13. The van der Waals surface area contributed by atoms with Gasteiger partial charge in [0.15, 0.2) is 5.82 Å². The molecule has 1 aliphatic heterocycles. The second-order valence-corrected chi connectivity index (χ2v) is 8.13. The minimum Gasteiger partial charge on any atom is -0.508 e. The predicted octanol–water partition coefficient (Wildman–Crippen LogP) is 3.18. The number of aryl methyl sites for hydroxylation is 1. The van der Waals surface area contributed by atoms with Gasteiger partial charge in [-0.1, -0.05) is 43.0 Å². The van der Waals surface area contributed by atoms with Crippen molar-refractivity contribution in [2.75, 3.05) is 36.8 Å². The number of H-pyrrole nitrogens is 1. The fourth-order valence-electron chi connectivity index (χ4n) is 3.43. The Kier molecular flexibility index (Phi) is 6.23. The second kappa shape index (κ2) is 9.21. The van der Waals surface area contributed by atoms with Crippen LogP contribution in [0.4, 0.5) is 5.69 Å². The summed E-state index contributed by atoms with van der Waals surface area (Å²) < 4.78 is 0. The van der Waals surface area contributed by atoms with E-state index in [-0.39, 0.29) is 11.7 Å². The third-order valence-electron chi connectivity index (χ3n) is 5.27. The number of aromatic hydroxyl groups is 1. The molecule has 1 aliphatic rings. The number of carbonyl (C=O) groups excluding carboxylic acids is 1. The SMILES string of the molecule is CCc1ccc(-c2nc(SCC(=O)N3CCN(c4ccc(O)cc4)CC3)n[nH]2)cc1. The van der Waals surface area contributed by atoms with Crippen molar-refractivity contribution in [3.8, 4) is 17.1 Å². The number of nitrogens with zero attached hydrogens (tertiary/aromatic N) is 4. The molecule has 4 rings (SSSR count). The van der Waals surface area contributed by atoms with Crippen LogP contribution in [0.25, 0.3) is 11.4 Å². The lowest BCUT2D eigenvalue weighted by Gasteiger charge is -2.36. The molecule has 2 N–H and O–H groups in total. The number of thioether (sulfide) groups is 1. The van der Waals surface area contributed by atoms with Crippen LogP contribution in [0, 0.1) is 0 Å². The summed E-state index contributed by atoms with van der Waals surface area (Å²) in [5, 5.41) is 17.2. The van der Waals surface area contributed by atoms with Gasteiger partial charge in [-0.2, -0.15) is 0 Å². The molecule has 1 saturated heterocycles. The molecular weight excluding hydrogens is 398 g/mol. The first kappa shape index (κ1) is 20.3. The highest BCUT2D eigenvalue weighted by atomic mass is 32.2. The number of hydrogen-bond acceptors (Lipinski definition) is 6. The molecule has 0 atom stereocenters. The zero-order chi connectivity index (χ0) is 20.9. The number of carbonyl (C=O) groups is 1. The molecule has 0 spiro atoms. The predicted molar refractivity (Wildman–Crippen MR) is 119 cm³/mol. The van der Waals surface area contributed by atoms with Gasteiger partial charge in [0.05, 0.1) is 5.75 Å². The normalized spacial score (nSPS) is 14.2. The average molecular weight is 424 g/mol. The molecular formula is C22H25N5O2S. The molecule has 156 valence electrons. The lowest BCUT2D eigenvalue weighted by molar-refractivity contribution is -0.128. The maximum absolute atomic E-state index is 12.6.